The van der Waals surface area contributed by atoms with E-state index in [-0.39, 0.29) is 11.9 Å². The highest BCUT2D eigenvalue weighted by Gasteiger charge is 2.26. The first kappa shape index (κ1) is 19.5. The highest BCUT2D eigenvalue weighted by Crippen LogP contribution is 2.26. The molecular weight excluding hydrogens is 396 g/mol. The van der Waals surface area contributed by atoms with Crippen LogP contribution in [0.5, 0.6) is 0 Å². The Kier molecular flexibility index (Phi) is 5.03. The molecule has 1 aromatic carbocycles. The molecule has 0 aliphatic carbocycles. The molecule has 2 fully saturated rings. The molecule has 3 amide bonds. The van der Waals surface area contributed by atoms with E-state index in [9.17, 15) is 9.59 Å². The molecule has 4 heterocycles. The van der Waals surface area contributed by atoms with Gasteiger partial charge in [0.05, 0.1) is 11.9 Å². The molecule has 0 unspecified atom stereocenters. The van der Waals surface area contributed by atoms with Gasteiger partial charge in [-0.05, 0) is 37.1 Å². The molecule has 9 heteroatoms. The van der Waals surface area contributed by atoms with E-state index in [2.05, 4.69) is 19.9 Å². The molecule has 2 aromatic heterocycles. The minimum Gasteiger partial charge on any atom is -0.381 e. The first-order valence-corrected chi connectivity index (χ1v) is 10.4. The fourth-order valence-electron chi connectivity index (χ4n) is 4.12. The number of amides is 3. The number of ether oxygens (including phenoxy) is 1. The average Bonchev–Trinajstić information content (AvgIpc) is 3.37. The number of fused-ring (bicyclic) bond motifs is 1. The molecule has 1 N–H and O–H groups in total. The van der Waals surface area contributed by atoms with Gasteiger partial charge in [0.1, 0.15) is 5.52 Å². The lowest BCUT2D eigenvalue weighted by atomic mass is 10.1. The number of pyridine rings is 1. The molecule has 31 heavy (non-hydrogen) atoms. The minimum atomic E-state index is -0.267. The van der Waals surface area contributed by atoms with Gasteiger partial charge in [0, 0.05) is 57.0 Å². The Morgan fingerprint density at radius 1 is 1.16 bits per heavy atom. The summed E-state index contributed by atoms with van der Waals surface area (Å²) in [7, 11) is 1.78. The summed E-state index contributed by atoms with van der Waals surface area (Å²) in [6, 6.07) is 9.34. The first-order chi connectivity index (χ1) is 15.1. The van der Waals surface area contributed by atoms with Crippen LogP contribution >= 0.6 is 0 Å². The van der Waals surface area contributed by atoms with Crippen molar-refractivity contribution < 1.29 is 14.3 Å². The Morgan fingerprint density at radius 3 is 2.77 bits per heavy atom. The second kappa shape index (κ2) is 7.99. The summed E-state index contributed by atoms with van der Waals surface area (Å²) in [5.74, 6) is -0.267. The number of rotatable bonds is 4. The number of aromatic nitrogens is 3. The van der Waals surface area contributed by atoms with Crippen molar-refractivity contribution in [2.45, 2.75) is 18.9 Å². The summed E-state index contributed by atoms with van der Waals surface area (Å²) in [6.07, 6.45) is 5.24. The zero-order valence-electron chi connectivity index (χ0n) is 17.3. The van der Waals surface area contributed by atoms with Crippen LogP contribution in [0.3, 0.4) is 0 Å². The van der Waals surface area contributed by atoms with Crippen molar-refractivity contribution in [3.63, 3.8) is 0 Å². The fraction of sp³-hybridized carbons (Fsp3) is 0.364. The second-order valence-corrected chi connectivity index (χ2v) is 7.92. The number of hydrogen-bond acceptors (Lipinski definition) is 5. The second-order valence-electron chi connectivity index (χ2n) is 7.92. The van der Waals surface area contributed by atoms with Gasteiger partial charge in [-0.1, -0.05) is 6.07 Å². The highest BCUT2D eigenvalue weighted by atomic mass is 16.5. The number of anilines is 2. The molecule has 5 rings (SSSR count). The predicted octanol–water partition coefficient (Wildman–Crippen LogP) is 2.91. The van der Waals surface area contributed by atoms with E-state index < -0.39 is 0 Å². The summed E-state index contributed by atoms with van der Waals surface area (Å²) in [6.45, 7) is 2.79. The third kappa shape index (κ3) is 3.72. The maximum absolute atomic E-state index is 12.8. The van der Waals surface area contributed by atoms with Crippen LogP contribution in [0.1, 0.15) is 29.2 Å². The van der Waals surface area contributed by atoms with Crippen molar-refractivity contribution in [3.8, 4) is 0 Å². The third-order valence-electron chi connectivity index (χ3n) is 5.89. The Balaban J connectivity index is 1.34. The largest absolute Gasteiger partial charge is 0.381 e. The van der Waals surface area contributed by atoms with Gasteiger partial charge in [-0.25, -0.2) is 14.8 Å². The number of likely N-dealkylation sites (N-methyl/N-ethyl adjacent to an activating group) is 1. The fourth-order valence-corrected chi connectivity index (χ4v) is 4.12. The smallest absolute Gasteiger partial charge is 0.324 e. The van der Waals surface area contributed by atoms with Crippen LogP contribution in [0, 0.1) is 0 Å². The van der Waals surface area contributed by atoms with Crippen molar-refractivity contribution in [2.24, 2.45) is 0 Å². The number of hydrogen-bond donors (Lipinski definition) is 1. The van der Waals surface area contributed by atoms with E-state index in [1.54, 1.807) is 47.6 Å². The Bertz CT molecular complexity index is 1140. The highest BCUT2D eigenvalue weighted by molar-refractivity contribution is 6.06. The molecule has 0 saturated carbocycles. The zero-order valence-corrected chi connectivity index (χ0v) is 17.3. The number of imidazole rings is 1. The first-order valence-electron chi connectivity index (χ1n) is 10.4. The van der Waals surface area contributed by atoms with Crippen molar-refractivity contribution in [1.82, 2.24) is 19.4 Å². The van der Waals surface area contributed by atoms with E-state index in [0.717, 1.165) is 37.4 Å². The molecule has 9 nitrogen and oxygen atoms in total. The van der Waals surface area contributed by atoms with E-state index in [1.807, 2.05) is 12.1 Å². The van der Waals surface area contributed by atoms with Crippen molar-refractivity contribution in [2.75, 3.05) is 43.6 Å². The van der Waals surface area contributed by atoms with Gasteiger partial charge < -0.3 is 19.5 Å². The van der Waals surface area contributed by atoms with Crippen molar-refractivity contribution in [1.29, 1.82) is 0 Å². The normalized spacial score (nSPS) is 17.5. The van der Waals surface area contributed by atoms with E-state index >= 15 is 0 Å². The number of nitrogens with zero attached hydrogens (tertiary/aromatic N) is 5. The van der Waals surface area contributed by atoms with Crippen LogP contribution in [0.25, 0.3) is 11.2 Å². The van der Waals surface area contributed by atoms with E-state index in [0.29, 0.717) is 35.9 Å². The molecule has 0 atom stereocenters. The van der Waals surface area contributed by atoms with Crippen LogP contribution in [-0.2, 0) is 4.74 Å². The Morgan fingerprint density at radius 2 is 2.00 bits per heavy atom. The van der Waals surface area contributed by atoms with Crippen LogP contribution in [-0.4, -0.2) is 64.7 Å². The van der Waals surface area contributed by atoms with E-state index in [4.69, 9.17) is 4.74 Å². The average molecular weight is 420 g/mol. The number of urea groups is 1. The maximum Gasteiger partial charge on any atom is 0.324 e. The van der Waals surface area contributed by atoms with Gasteiger partial charge in [0.2, 0.25) is 0 Å². The molecule has 2 aliphatic rings. The maximum atomic E-state index is 12.8. The minimum absolute atomic E-state index is 0.0433. The number of carbonyl (C=O) groups excluding carboxylic acids is 2. The van der Waals surface area contributed by atoms with Crippen LogP contribution < -0.4 is 10.2 Å². The molecule has 0 spiro atoms. The molecule has 3 aromatic rings. The quantitative estimate of drug-likeness (QED) is 0.701. The van der Waals surface area contributed by atoms with Gasteiger partial charge in [0.25, 0.3) is 5.91 Å². The van der Waals surface area contributed by atoms with Crippen LogP contribution in [0.4, 0.5) is 16.2 Å². The molecule has 2 saturated heterocycles. The van der Waals surface area contributed by atoms with Gasteiger partial charge in [-0.3, -0.25) is 9.69 Å². The summed E-state index contributed by atoms with van der Waals surface area (Å²) >= 11 is 0. The predicted molar refractivity (Wildman–Crippen MR) is 116 cm³/mol. The summed E-state index contributed by atoms with van der Waals surface area (Å²) in [4.78, 5) is 37.4. The third-order valence-corrected chi connectivity index (χ3v) is 5.89. The Hall–Kier alpha value is -3.46. The van der Waals surface area contributed by atoms with Gasteiger partial charge in [0.15, 0.2) is 5.65 Å². The van der Waals surface area contributed by atoms with Gasteiger partial charge in [-0.2, -0.15) is 0 Å². The topological polar surface area (TPSA) is 92.6 Å². The lowest BCUT2D eigenvalue weighted by molar-refractivity contribution is 0.0704. The standard InChI is InChI=1S/C22H24N6O3/c1-26-7-8-27(22(26)30)18-4-2-3-16(12-18)25-21(29)15-11-19-20(23-13-15)28(14-24-19)17-5-9-31-10-6-17/h2-4,11-14,17H,5-10H2,1H3,(H,25,29). The number of benzene rings is 1. The number of carbonyl (C=O) groups is 2. The van der Waals surface area contributed by atoms with E-state index in [1.165, 1.54) is 0 Å². The van der Waals surface area contributed by atoms with Gasteiger partial charge >= 0.3 is 6.03 Å². The molecular formula is C22H24N6O3. The van der Waals surface area contributed by atoms with Crippen LogP contribution in [0.15, 0.2) is 42.9 Å². The van der Waals surface area contributed by atoms with Crippen LogP contribution in [0.2, 0.25) is 0 Å². The Labute approximate surface area is 179 Å². The summed E-state index contributed by atoms with van der Waals surface area (Å²) in [5.41, 5.74) is 3.29. The van der Waals surface area contributed by atoms with Crippen molar-refractivity contribution in [3.05, 3.63) is 48.4 Å². The number of nitrogens with one attached hydrogen (secondary N) is 1. The molecule has 0 radical (unpaired) electrons. The SMILES string of the molecule is CN1CCN(c2cccc(NC(=O)c3cnc4c(c3)ncn4C3CCOCC3)c2)C1=O. The lowest BCUT2D eigenvalue weighted by Gasteiger charge is -2.23. The monoisotopic (exact) mass is 420 g/mol. The molecule has 0 bridgehead atoms. The van der Waals surface area contributed by atoms with Gasteiger partial charge in [-0.15, -0.1) is 0 Å². The van der Waals surface area contributed by atoms with Crippen molar-refractivity contribution >= 4 is 34.5 Å². The molecule has 160 valence electrons. The zero-order chi connectivity index (χ0) is 21.4. The summed E-state index contributed by atoms with van der Waals surface area (Å²) < 4.78 is 7.51. The molecule has 2 aliphatic heterocycles. The lowest BCUT2D eigenvalue weighted by Crippen LogP contribution is -2.29. The summed E-state index contributed by atoms with van der Waals surface area (Å²) in [5, 5.41) is 2.90.